The molecular weight excluding hydrogens is 346 g/mol. The SMILES string of the molecule is CCN(Cc1cccc(C)n1)c1cccc(Br)c1C(N)=S. The standard InChI is InChI=1S/C16H18BrN3S/c1-3-20(10-12-7-4-6-11(2)19-12)14-9-5-8-13(17)15(14)16(18)21/h4-9H,3,10H2,1-2H3,(H2,18,21). The van der Waals surface area contributed by atoms with Crippen molar-refractivity contribution in [3.8, 4) is 0 Å². The molecule has 110 valence electrons. The van der Waals surface area contributed by atoms with Crippen molar-refractivity contribution in [1.29, 1.82) is 0 Å². The number of hydrogen-bond acceptors (Lipinski definition) is 3. The highest BCUT2D eigenvalue weighted by Crippen LogP contribution is 2.28. The molecule has 2 rings (SSSR count). The molecule has 1 aromatic carbocycles. The summed E-state index contributed by atoms with van der Waals surface area (Å²) in [7, 11) is 0. The first kappa shape index (κ1) is 15.9. The first-order valence-corrected chi connectivity index (χ1v) is 7.98. The maximum atomic E-state index is 5.88. The van der Waals surface area contributed by atoms with Crippen molar-refractivity contribution < 1.29 is 0 Å². The molecule has 0 bridgehead atoms. The van der Waals surface area contributed by atoms with Gasteiger partial charge in [0.1, 0.15) is 4.99 Å². The summed E-state index contributed by atoms with van der Waals surface area (Å²) in [6, 6.07) is 12.1. The fourth-order valence-corrected chi connectivity index (χ4v) is 3.19. The molecule has 0 aliphatic rings. The molecule has 0 atom stereocenters. The Bertz CT molecular complexity index is 658. The molecule has 1 aromatic heterocycles. The van der Waals surface area contributed by atoms with E-state index in [-0.39, 0.29) is 0 Å². The summed E-state index contributed by atoms with van der Waals surface area (Å²) in [6.45, 7) is 5.69. The number of pyridine rings is 1. The van der Waals surface area contributed by atoms with Crippen LogP contribution in [0.2, 0.25) is 0 Å². The van der Waals surface area contributed by atoms with Crippen LogP contribution in [0.3, 0.4) is 0 Å². The first-order chi connectivity index (χ1) is 10.0. The zero-order valence-corrected chi connectivity index (χ0v) is 14.5. The average molecular weight is 364 g/mol. The maximum absolute atomic E-state index is 5.88. The maximum Gasteiger partial charge on any atom is 0.107 e. The molecule has 0 fully saturated rings. The third-order valence-electron chi connectivity index (χ3n) is 3.26. The zero-order chi connectivity index (χ0) is 15.4. The van der Waals surface area contributed by atoms with E-state index < -0.39 is 0 Å². The number of benzene rings is 1. The Morgan fingerprint density at radius 3 is 2.62 bits per heavy atom. The molecule has 1 heterocycles. The van der Waals surface area contributed by atoms with Crippen molar-refractivity contribution in [3.63, 3.8) is 0 Å². The Hall–Kier alpha value is -1.46. The monoisotopic (exact) mass is 363 g/mol. The lowest BCUT2D eigenvalue weighted by molar-refractivity contribution is 0.804. The fraction of sp³-hybridized carbons (Fsp3) is 0.250. The van der Waals surface area contributed by atoms with Crippen LogP contribution < -0.4 is 10.6 Å². The summed E-state index contributed by atoms with van der Waals surface area (Å²) < 4.78 is 0.920. The molecule has 0 saturated carbocycles. The Morgan fingerprint density at radius 1 is 1.29 bits per heavy atom. The molecule has 5 heteroatoms. The second-order valence-electron chi connectivity index (χ2n) is 4.78. The van der Waals surface area contributed by atoms with E-state index in [9.17, 15) is 0 Å². The van der Waals surface area contributed by atoms with E-state index in [1.54, 1.807) is 0 Å². The van der Waals surface area contributed by atoms with Crippen LogP contribution in [0.15, 0.2) is 40.9 Å². The van der Waals surface area contributed by atoms with Gasteiger partial charge in [0, 0.05) is 28.0 Å². The highest BCUT2D eigenvalue weighted by molar-refractivity contribution is 9.10. The summed E-state index contributed by atoms with van der Waals surface area (Å²) in [6.07, 6.45) is 0. The van der Waals surface area contributed by atoms with E-state index in [1.165, 1.54) is 0 Å². The van der Waals surface area contributed by atoms with Gasteiger partial charge in [-0.3, -0.25) is 4.98 Å². The predicted molar refractivity (Wildman–Crippen MR) is 95.7 cm³/mol. The van der Waals surface area contributed by atoms with E-state index in [4.69, 9.17) is 18.0 Å². The van der Waals surface area contributed by atoms with Gasteiger partial charge in [0.25, 0.3) is 0 Å². The van der Waals surface area contributed by atoms with Gasteiger partial charge in [0.2, 0.25) is 0 Å². The van der Waals surface area contributed by atoms with E-state index in [2.05, 4.69) is 32.7 Å². The van der Waals surface area contributed by atoms with Gasteiger partial charge < -0.3 is 10.6 Å². The highest BCUT2D eigenvalue weighted by atomic mass is 79.9. The van der Waals surface area contributed by atoms with Crippen LogP contribution in [0.25, 0.3) is 0 Å². The van der Waals surface area contributed by atoms with Crippen LogP contribution in [-0.2, 0) is 6.54 Å². The molecule has 2 aromatic rings. The minimum absolute atomic E-state index is 0.396. The lowest BCUT2D eigenvalue weighted by atomic mass is 10.1. The largest absolute Gasteiger partial charge is 0.389 e. The molecule has 0 saturated heterocycles. The Kier molecular flexibility index (Phi) is 5.31. The number of rotatable bonds is 5. The van der Waals surface area contributed by atoms with Crippen molar-refractivity contribution in [1.82, 2.24) is 4.98 Å². The summed E-state index contributed by atoms with van der Waals surface area (Å²) in [4.78, 5) is 7.19. The molecule has 0 unspecified atom stereocenters. The molecule has 2 N–H and O–H groups in total. The summed E-state index contributed by atoms with van der Waals surface area (Å²) >= 11 is 8.73. The van der Waals surface area contributed by atoms with Crippen molar-refractivity contribution in [2.45, 2.75) is 20.4 Å². The van der Waals surface area contributed by atoms with Crippen LogP contribution in [0, 0.1) is 6.92 Å². The van der Waals surface area contributed by atoms with E-state index in [1.807, 2.05) is 43.3 Å². The predicted octanol–water partition coefficient (Wildman–Crippen LogP) is 3.81. The molecule has 0 aliphatic heterocycles. The third kappa shape index (κ3) is 3.80. The second kappa shape index (κ2) is 7.00. The van der Waals surface area contributed by atoms with Crippen LogP contribution in [-0.4, -0.2) is 16.5 Å². The summed E-state index contributed by atoms with van der Waals surface area (Å²) in [5, 5.41) is 0. The minimum atomic E-state index is 0.396. The van der Waals surface area contributed by atoms with Gasteiger partial charge >= 0.3 is 0 Å². The molecule has 0 aliphatic carbocycles. The summed E-state index contributed by atoms with van der Waals surface area (Å²) in [5.74, 6) is 0. The number of anilines is 1. The van der Waals surface area contributed by atoms with Crippen molar-refractivity contribution in [2.24, 2.45) is 5.73 Å². The number of nitrogens with two attached hydrogens (primary N) is 1. The number of thiocarbonyl (C=S) groups is 1. The molecule has 21 heavy (non-hydrogen) atoms. The topological polar surface area (TPSA) is 42.2 Å². The van der Waals surface area contributed by atoms with Gasteiger partial charge in [-0.1, -0.05) is 24.4 Å². The first-order valence-electron chi connectivity index (χ1n) is 6.78. The summed E-state index contributed by atoms with van der Waals surface area (Å²) in [5.41, 5.74) is 9.85. The second-order valence-corrected chi connectivity index (χ2v) is 6.08. The molecule has 0 amide bonds. The number of hydrogen-bond donors (Lipinski definition) is 1. The Morgan fingerprint density at radius 2 is 2.00 bits per heavy atom. The lowest BCUT2D eigenvalue weighted by Gasteiger charge is -2.26. The molecule has 0 spiro atoms. The minimum Gasteiger partial charge on any atom is -0.389 e. The quantitative estimate of drug-likeness (QED) is 0.820. The smallest absolute Gasteiger partial charge is 0.107 e. The van der Waals surface area contributed by atoms with Gasteiger partial charge in [0.05, 0.1) is 12.2 Å². The van der Waals surface area contributed by atoms with Crippen LogP contribution in [0.5, 0.6) is 0 Å². The van der Waals surface area contributed by atoms with E-state index >= 15 is 0 Å². The van der Waals surface area contributed by atoms with Gasteiger partial charge in [-0.25, -0.2) is 0 Å². The van der Waals surface area contributed by atoms with Gasteiger partial charge in [0.15, 0.2) is 0 Å². The Labute approximate surface area is 139 Å². The van der Waals surface area contributed by atoms with Gasteiger partial charge in [-0.05, 0) is 54.0 Å². The van der Waals surface area contributed by atoms with E-state index in [0.717, 1.165) is 40.2 Å². The van der Waals surface area contributed by atoms with Crippen LogP contribution in [0.4, 0.5) is 5.69 Å². The van der Waals surface area contributed by atoms with Crippen molar-refractivity contribution in [2.75, 3.05) is 11.4 Å². The number of aromatic nitrogens is 1. The normalized spacial score (nSPS) is 10.4. The van der Waals surface area contributed by atoms with Gasteiger partial charge in [-0.2, -0.15) is 0 Å². The molecular formula is C16H18BrN3S. The van der Waals surface area contributed by atoms with Crippen molar-refractivity contribution >= 4 is 38.8 Å². The number of nitrogens with zero attached hydrogens (tertiary/aromatic N) is 2. The number of halogens is 1. The van der Waals surface area contributed by atoms with Crippen LogP contribution in [0.1, 0.15) is 23.9 Å². The zero-order valence-electron chi connectivity index (χ0n) is 12.1. The average Bonchev–Trinajstić information content (AvgIpc) is 2.44. The molecule has 3 nitrogen and oxygen atoms in total. The fourth-order valence-electron chi connectivity index (χ4n) is 2.27. The van der Waals surface area contributed by atoms with Crippen LogP contribution >= 0.6 is 28.1 Å². The number of aryl methyl sites for hydroxylation is 1. The van der Waals surface area contributed by atoms with Gasteiger partial charge in [-0.15, -0.1) is 0 Å². The van der Waals surface area contributed by atoms with E-state index in [0.29, 0.717) is 4.99 Å². The van der Waals surface area contributed by atoms with Crippen molar-refractivity contribution in [3.05, 3.63) is 57.8 Å². The Balaban J connectivity index is 2.38. The lowest BCUT2D eigenvalue weighted by Crippen LogP contribution is -2.26. The third-order valence-corrected chi connectivity index (χ3v) is 4.12. The molecule has 0 radical (unpaired) electrons. The highest BCUT2D eigenvalue weighted by Gasteiger charge is 2.15.